The molecule has 1 heterocycles. The maximum Gasteiger partial charge on any atom is 0.300 e. The Morgan fingerprint density at radius 2 is 1.60 bits per heavy atom. The summed E-state index contributed by atoms with van der Waals surface area (Å²) in [7, 11) is -4.02. The highest BCUT2D eigenvalue weighted by atomic mass is 32.2. The minimum Gasteiger partial charge on any atom is -0.507 e. The van der Waals surface area contributed by atoms with Gasteiger partial charge in [-0.1, -0.05) is 42.0 Å². The molecule has 0 saturated carbocycles. The molecule has 178 valence electrons. The van der Waals surface area contributed by atoms with E-state index in [9.17, 15) is 33.2 Å². The number of hydrogen-bond acceptors (Lipinski definition) is 7. The Morgan fingerprint density at radius 3 is 2.17 bits per heavy atom. The van der Waals surface area contributed by atoms with Gasteiger partial charge in [-0.15, -0.1) is 0 Å². The van der Waals surface area contributed by atoms with E-state index in [0.717, 1.165) is 22.6 Å². The Labute approximate surface area is 200 Å². The summed E-state index contributed by atoms with van der Waals surface area (Å²) in [6.07, 6.45) is 0. The third-order valence-electron chi connectivity index (χ3n) is 5.64. The summed E-state index contributed by atoms with van der Waals surface area (Å²) >= 11 is 0. The second kappa shape index (κ2) is 8.78. The van der Waals surface area contributed by atoms with E-state index < -0.39 is 38.4 Å². The molecular formula is C24H19N3O7S. The second-order valence-corrected chi connectivity index (χ2v) is 9.45. The smallest absolute Gasteiger partial charge is 0.300 e. The number of amides is 1. The molecule has 1 fully saturated rings. The summed E-state index contributed by atoms with van der Waals surface area (Å²) in [5.41, 5.74) is 0.546. The lowest BCUT2D eigenvalue weighted by molar-refractivity contribution is -0.385. The maximum absolute atomic E-state index is 13.2. The molecule has 0 aromatic heterocycles. The van der Waals surface area contributed by atoms with Crippen molar-refractivity contribution in [2.24, 2.45) is 5.14 Å². The van der Waals surface area contributed by atoms with E-state index >= 15 is 0 Å². The van der Waals surface area contributed by atoms with Gasteiger partial charge in [0.1, 0.15) is 11.8 Å². The molecule has 11 heteroatoms. The number of nitrogens with zero attached hydrogens (tertiary/aromatic N) is 2. The van der Waals surface area contributed by atoms with Gasteiger partial charge in [0.15, 0.2) is 0 Å². The van der Waals surface area contributed by atoms with Crippen molar-refractivity contribution in [2.45, 2.75) is 17.9 Å². The van der Waals surface area contributed by atoms with Crippen molar-refractivity contribution in [1.82, 2.24) is 0 Å². The third kappa shape index (κ3) is 4.29. The highest BCUT2D eigenvalue weighted by Gasteiger charge is 2.48. The van der Waals surface area contributed by atoms with E-state index in [1.54, 1.807) is 24.3 Å². The molecule has 3 N–H and O–H groups in total. The number of nitro groups is 1. The highest BCUT2D eigenvalue weighted by molar-refractivity contribution is 7.89. The highest BCUT2D eigenvalue weighted by Crippen LogP contribution is 2.44. The maximum atomic E-state index is 13.2. The van der Waals surface area contributed by atoms with Crippen LogP contribution in [0.5, 0.6) is 0 Å². The molecule has 0 spiro atoms. The molecule has 1 unspecified atom stereocenters. The minimum atomic E-state index is -4.02. The quantitative estimate of drug-likeness (QED) is 0.181. The number of sulfonamides is 1. The van der Waals surface area contributed by atoms with Gasteiger partial charge >= 0.3 is 0 Å². The molecule has 0 aliphatic carbocycles. The fourth-order valence-electron chi connectivity index (χ4n) is 3.94. The molecular weight excluding hydrogens is 474 g/mol. The number of carbonyl (C=O) groups excluding carboxylic acids is 2. The first kappa shape index (κ1) is 23.8. The number of aliphatic hydroxyl groups excluding tert-OH is 1. The molecule has 0 radical (unpaired) electrons. The van der Waals surface area contributed by atoms with Crippen molar-refractivity contribution in [2.75, 3.05) is 4.90 Å². The summed E-state index contributed by atoms with van der Waals surface area (Å²) in [6, 6.07) is 15.6. The number of aryl methyl sites for hydroxylation is 1. The number of aliphatic hydroxyl groups is 1. The van der Waals surface area contributed by atoms with E-state index in [4.69, 9.17) is 5.14 Å². The average molecular weight is 493 g/mol. The van der Waals surface area contributed by atoms with E-state index in [1.165, 1.54) is 36.4 Å². The molecule has 1 saturated heterocycles. The molecule has 10 nitrogen and oxygen atoms in total. The Bertz CT molecular complexity index is 1490. The van der Waals surface area contributed by atoms with E-state index in [0.29, 0.717) is 0 Å². The van der Waals surface area contributed by atoms with Crippen LogP contribution < -0.4 is 10.0 Å². The molecule has 1 aliphatic heterocycles. The van der Waals surface area contributed by atoms with E-state index in [-0.39, 0.29) is 33.0 Å². The number of ketones is 1. The summed E-state index contributed by atoms with van der Waals surface area (Å²) in [5, 5.41) is 28.0. The van der Waals surface area contributed by atoms with E-state index in [1.807, 2.05) is 6.92 Å². The van der Waals surface area contributed by atoms with Crippen LogP contribution in [0.2, 0.25) is 0 Å². The van der Waals surface area contributed by atoms with Crippen LogP contribution in [0.25, 0.3) is 5.76 Å². The van der Waals surface area contributed by atoms with Crippen LogP contribution in [0, 0.1) is 17.0 Å². The number of benzene rings is 3. The van der Waals surface area contributed by atoms with Crippen molar-refractivity contribution in [1.29, 1.82) is 0 Å². The number of hydrogen-bond donors (Lipinski definition) is 2. The minimum absolute atomic E-state index is 0.000819. The summed E-state index contributed by atoms with van der Waals surface area (Å²) < 4.78 is 23.3. The number of para-hydroxylation sites is 1. The van der Waals surface area contributed by atoms with Crippen LogP contribution in [0.4, 0.5) is 11.4 Å². The molecule has 35 heavy (non-hydrogen) atoms. The van der Waals surface area contributed by atoms with E-state index in [2.05, 4.69) is 0 Å². The van der Waals surface area contributed by atoms with Gasteiger partial charge in [0.05, 0.1) is 21.0 Å². The number of rotatable bonds is 5. The molecule has 3 aromatic rings. The van der Waals surface area contributed by atoms with Gasteiger partial charge in [0.2, 0.25) is 10.0 Å². The number of anilines is 1. The normalized spacial score (nSPS) is 17.5. The van der Waals surface area contributed by atoms with Crippen molar-refractivity contribution in [3.8, 4) is 0 Å². The predicted octanol–water partition coefficient (Wildman–Crippen LogP) is 3.18. The van der Waals surface area contributed by atoms with Gasteiger partial charge in [0.25, 0.3) is 17.4 Å². The van der Waals surface area contributed by atoms with Gasteiger partial charge in [-0.05, 0) is 37.3 Å². The third-order valence-corrected chi connectivity index (χ3v) is 6.57. The Morgan fingerprint density at radius 1 is 1.00 bits per heavy atom. The van der Waals surface area contributed by atoms with Crippen molar-refractivity contribution < 1.29 is 28.0 Å². The van der Waals surface area contributed by atoms with Crippen LogP contribution in [-0.4, -0.2) is 30.1 Å². The lowest BCUT2D eigenvalue weighted by atomic mass is 9.94. The number of nitro benzene ring substituents is 1. The van der Waals surface area contributed by atoms with Crippen LogP contribution >= 0.6 is 0 Å². The van der Waals surface area contributed by atoms with Gasteiger partial charge < -0.3 is 5.11 Å². The summed E-state index contributed by atoms with van der Waals surface area (Å²) in [5.74, 6) is -2.57. The topological polar surface area (TPSA) is 161 Å². The van der Waals surface area contributed by atoms with Crippen molar-refractivity contribution in [3.63, 3.8) is 0 Å². The summed E-state index contributed by atoms with van der Waals surface area (Å²) in [6.45, 7) is 1.83. The van der Waals surface area contributed by atoms with Crippen molar-refractivity contribution in [3.05, 3.63) is 105 Å². The monoisotopic (exact) mass is 493 g/mol. The number of nitrogens with two attached hydrogens (primary N) is 1. The first-order chi connectivity index (χ1) is 16.5. The van der Waals surface area contributed by atoms with Gasteiger partial charge in [-0.2, -0.15) is 0 Å². The van der Waals surface area contributed by atoms with Gasteiger partial charge in [0, 0.05) is 17.3 Å². The standard InChI is InChI=1S/C24H19N3O7S/c1-14-6-8-15(9-7-14)22(28)20-21(18-4-2-3-5-19(18)27(31)32)26(24(30)23(20)29)16-10-12-17(13-11-16)35(25,33)34/h2-13,21,28H,1H3,(H2,25,33,34)/b22-20+. The predicted molar refractivity (Wildman–Crippen MR) is 127 cm³/mol. The SMILES string of the molecule is Cc1ccc(/C(O)=C2\C(=O)C(=O)N(c3ccc(S(N)(=O)=O)cc3)C2c2ccccc2[N+](=O)[O-])cc1. The van der Waals surface area contributed by atoms with Crippen LogP contribution in [0.3, 0.4) is 0 Å². The fraction of sp³-hybridized carbons (Fsp3) is 0.0833. The number of Topliss-reactive ketones (excluding diaryl/α,β-unsaturated/α-hetero) is 1. The fourth-order valence-corrected chi connectivity index (χ4v) is 4.46. The van der Waals surface area contributed by atoms with Crippen LogP contribution in [0.15, 0.2) is 83.3 Å². The van der Waals surface area contributed by atoms with Crippen LogP contribution in [0.1, 0.15) is 22.7 Å². The lowest BCUT2D eigenvalue weighted by Gasteiger charge is -2.25. The molecule has 1 atom stereocenters. The molecule has 4 rings (SSSR count). The Balaban J connectivity index is 1.98. The molecule has 0 bridgehead atoms. The zero-order valence-corrected chi connectivity index (χ0v) is 19.1. The average Bonchev–Trinajstić information content (AvgIpc) is 3.09. The second-order valence-electron chi connectivity index (χ2n) is 7.89. The molecule has 1 aliphatic rings. The largest absolute Gasteiger partial charge is 0.507 e. The Hall–Kier alpha value is -4.35. The number of primary sulfonamides is 1. The first-order valence-corrected chi connectivity index (χ1v) is 11.8. The number of carbonyl (C=O) groups is 2. The summed E-state index contributed by atoms with van der Waals surface area (Å²) in [4.78, 5) is 38.2. The van der Waals surface area contributed by atoms with Gasteiger partial charge in [-0.3, -0.25) is 24.6 Å². The first-order valence-electron chi connectivity index (χ1n) is 10.2. The Kier molecular flexibility index (Phi) is 5.97. The molecule has 3 aromatic carbocycles. The van der Waals surface area contributed by atoms with Gasteiger partial charge in [-0.25, -0.2) is 13.6 Å². The lowest BCUT2D eigenvalue weighted by Crippen LogP contribution is -2.29. The van der Waals surface area contributed by atoms with Crippen molar-refractivity contribution >= 4 is 38.8 Å². The van der Waals surface area contributed by atoms with Crippen LogP contribution in [-0.2, 0) is 19.6 Å². The zero-order valence-electron chi connectivity index (χ0n) is 18.3. The zero-order chi connectivity index (χ0) is 25.5. The molecule has 1 amide bonds.